The summed E-state index contributed by atoms with van der Waals surface area (Å²) in [4.78, 5) is 21.6. The number of methoxy groups -OCH3 is 1. The highest BCUT2D eigenvalue weighted by Gasteiger charge is 2.26. The molecule has 0 saturated carbocycles. The van der Waals surface area contributed by atoms with E-state index < -0.39 is 16.6 Å². The van der Waals surface area contributed by atoms with E-state index in [9.17, 15) is 14.9 Å². The van der Waals surface area contributed by atoms with E-state index >= 15 is 0 Å². The van der Waals surface area contributed by atoms with Gasteiger partial charge < -0.3 is 15.2 Å². The number of nitrogen functional groups attached to an aromatic ring is 1. The van der Waals surface area contributed by atoms with Gasteiger partial charge in [-0.15, -0.1) is 0 Å². The lowest BCUT2D eigenvalue weighted by Gasteiger charge is -2.10. The summed E-state index contributed by atoms with van der Waals surface area (Å²) in [5.74, 6) is -0.874. The third-order valence-corrected chi connectivity index (χ3v) is 2.04. The van der Waals surface area contributed by atoms with Gasteiger partial charge in [-0.05, 0) is 19.1 Å². The number of nitro groups is 1. The number of nitro benzene ring substituents is 1. The van der Waals surface area contributed by atoms with Crippen molar-refractivity contribution in [2.75, 3.05) is 19.5 Å². The Kier molecular flexibility index (Phi) is 3.86. The molecule has 0 amide bonds. The van der Waals surface area contributed by atoms with Crippen LogP contribution >= 0.6 is 0 Å². The molecule has 2 N–H and O–H groups in total. The molecule has 17 heavy (non-hydrogen) atoms. The van der Waals surface area contributed by atoms with Gasteiger partial charge in [-0.2, -0.15) is 0 Å². The molecule has 0 heterocycles. The van der Waals surface area contributed by atoms with Gasteiger partial charge in [0, 0.05) is 0 Å². The van der Waals surface area contributed by atoms with Crippen molar-refractivity contribution in [3.8, 4) is 5.75 Å². The number of carbonyl (C=O) groups excluding carboxylic acids is 1. The number of ether oxygens (including phenoxy) is 2. The zero-order chi connectivity index (χ0) is 13.0. The van der Waals surface area contributed by atoms with Crippen LogP contribution in [0.5, 0.6) is 5.75 Å². The molecule has 1 rings (SSSR count). The molecule has 0 aromatic heterocycles. The maximum absolute atomic E-state index is 11.4. The number of esters is 1. The fourth-order valence-electron chi connectivity index (χ4n) is 1.34. The third kappa shape index (κ3) is 2.44. The number of nitrogens with zero attached hydrogens (tertiary/aromatic N) is 1. The first-order chi connectivity index (χ1) is 8.02. The van der Waals surface area contributed by atoms with Crippen molar-refractivity contribution in [1.29, 1.82) is 0 Å². The normalized spacial score (nSPS) is 9.76. The predicted octanol–water partition coefficient (Wildman–Crippen LogP) is 1.36. The first kappa shape index (κ1) is 12.8. The van der Waals surface area contributed by atoms with Gasteiger partial charge in [0.15, 0.2) is 0 Å². The van der Waals surface area contributed by atoms with E-state index in [1.54, 1.807) is 6.92 Å². The number of rotatable bonds is 4. The van der Waals surface area contributed by atoms with Crippen molar-refractivity contribution in [2.24, 2.45) is 0 Å². The maximum atomic E-state index is 11.4. The highest BCUT2D eigenvalue weighted by atomic mass is 16.6. The third-order valence-electron chi connectivity index (χ3n) is 2.04. The van der Waals surface area contributed by atoms with Gasteiger partial charge in [0.2, 0.25) is 5.75 Å². The fraction of sp³-hybridized carbons (Fsp3) is 0.300. The number of anilines is 1. The number of hydrogen-bond acceptors (Lipinski definition) is 6. The molecule has 0 unspecified atom stereocenters. The maximum Gasteiger partial charge on any atom is 0.341 e. The van der Waals surface area contributed by atoms with Gasteiger partial charge in [-0.3, -0.25) is 10.1 Å². The van der Waals surface area contributed by atoms with Gasteiger partial charge in [-0.25, -0.2) is 4.79 Å². The molecule has 0 spiro atoms. The Labute approximate surface area is 97.3 Å². The molecule has 0 saturated heterocycles. The van der Waals surface area contributed by atoms with E-state index in [1.807, 2.05) is 0 Å². The molecule has 1 aromatic rings. The average Bonchev–Trinajstić information content (AvgIpc) is 2.28. The van der Waals surface area contributed by atoms with Gasteiger partial charge >= 0.3 is 11.7 Å². The van der Waals surface area contributed by atoms with Crippen molar-refractivity contribution >= 4 is 17.3 Å². The summed E-state index contributed by atoms with van der Waals surface area (Å²) >= 11 is 0. The van der Waals surface area contributed by atoms with Crippen LogP contribution in [-0.4, -0.2) is 24.6 Å². The number of benzene rings is 1. The molecule has 0 aliphatic rings. The number of hydrogen-bond donors (Lipinski definition) is 1. The van der Waals surface area contributed by atoms with Gasteiger partial charge in [0.25, 0.3) is 0 Å². The molecular formula is C10H12N2O5. The molecule has 0 aliphatic heterocycles. The molecule has 0 atom stereocenters. The Hall–Kier alpha value is -2.31. The molecular weight excluding hydrogens is 228 g/mol. The highest BCUT2D eigenvalue weighted by Crippen LogP contribution is 2.36. The summed E-state index contributed by atoms with van der Waals surface area (Å²) in [7, 11) is 1.18. The summed E-state index contributed by atoms with van der Waals surface area (Å²) in [6.07, 6.45) is 0. The van der Waals surface area contributed by atoms with Crippen LogP contribution in [0.2, 0.25) is 0 Å². The van der Waals surface area contributed by atoms with E-state index in [4.69, 9.17) is 10.5 Å². The Morgan fingerprint density at radius 2 is 2.18 bits per heavy atom. The van der Waals surface area contributed by atoms with E-state index in [-0.39, 0.29) is 23.6 Å². The SMILES string of the molecule is CCOc1c(C(=O)OC)ccc(N)c1[N+](=O)[O-]. The number of carbonyl (C=O) groups is 1. The van der Waals surface area contributed by atoms with Crippen LogP contribution in [0.1, 0.15) is 17.3 Å². The summed E-state index contributed by atoms with van der Waals surface area (Å²) < 4.78 is 9.63. The van der Waals surface area contributed by atoms with Crippen LogP contribution in [0.4, 0.5) is 11.4 Å². The van der Waals surface area contributed by atoms with Crippen LogP contribution in [-0.2, 0) is 4.74 Å². The summed E-state index contributed by atoms with van der Waals surface area (Å²) in [6.45, 7) is 1.82. The summed E-state index contributed by atoms with van der Waals surface area (Å²) in [5.41, 5.74) is 4.99. The highest BCUT2D eigenvalue weighted by molar-refractivity contribution is 5.95. The molecule has 0 aliphatic carbocycles. The largest absolute Gasteiger partial charge is 0.486 e. The Morgan fingerprint density at radius 3 is 2.65 bits per heavy atom. The lowest BCUT2D eigenvalue weighted by atomic mass is 10.1. The molecule has 1 aromatic carbocycles. The standard InChI is InChI=1S/C10H12N2O5/c1-3-17-9-6(10(13)16-2)4-5-7(11)8(9)12(14)15/h4-5H,3,11H2,1-2H3. The lowest BCUT2D eigenvalue weighted by molar-refractivity contribution is -0.384. The monoisotopic (exact) mass is 240 g/mol. The van der Waals surface area contributed by atoms with Gasteiger partial charge in [0.05, 0.1) is 18.6 Å². The van der Waals surface area contributed by atoms with Crippen LogP contribution in [0.25, 0.3) is 0 Å². The second-order valence-electron chi connectivity index (χ2n) is 3.06. The molecule has 7 heteroatoms. The van der Waals surface area contributed by atoms with Crippen LogP contribution in [0.15, 0.2) is 12.1 Å². The van der Waals surface area contributed by atoms with Crippen molar-refractivity contribution in [3.05, 3.63) is 27.8 Å². The van der Waals surface area contributed by atoms with Gasteiger partial charge in [0.1, 0.15) is 11.3 Å². The molecule has 7 nitrogen and oxygen atoms in total. The fourth-order valence-corrected chi connectivity index (χ4v) is 1.34. The minimum absolute atomic E-state index is 0.0183. The van der Waals surface area contributed by atoms with E-state index in [1.165, 1.54) is 19.2 Å². The van der Waals surface area contributed by atoms with Crippen molar-refractivity contribution in [1.82, 2.24) is 0 Å². The Bertz CT molecular complexity index is 458. The van der Waals surface area contributed by atoms with Crippen molar-refractivity contribution in [3.63, 3.8) is 0 Å². The minimum Gasteiger partial charge on any atom is -0.486 e. The smallest absolute Gasteiger partial charge is 0.341 e. The minimum atomic E-state index is -0.712. The van der Waals surface area contributed by atoms with E-state index in [0.717, 1.165) is 0 Å². The van der Waals surface area contributed by atoms with Crippen LogP contribution in [0, 0.1) is 10.1 Å². The Balaban J connectivity index is 3.46. The van der Waals surface area contributed by atoms with Crippen molar-refractivity contribution < 1.29 is 19.2 Å². The second-order valence-corrected chi connectivity index (χ2v) is 3.06. The lowest BCUT2D eigenvalue weighted by Crippen LogP contribution is -2.09. The summed E-state index contributed by atoms with van der Waals surface area (Å²) in [6, 6.07) is 2.60. The molecule has 92 valence electrons. The molecule has 0 fully saturated rings. The first-order valence-electron chi connectivity index (χ1n) is 4.80. The van der Waals surface area contributed by atoms with E-state index in [0.29, 0.717) is 0 Å². The second kappa shape index (κ2) is 5.15. The van der Waals surface area contributed by atoms with E-state index in [2.05, 4.69) is 4.74 Å². The van der Waals surface area contributed by atoms with Gasteiger partial charge in [-0.1, -0.05) is 0 Å². The van der Waals surface area contributed by atoms with Crippen LogP contribution in [0.3, 0.4) is 0 Å². The summed E-state index contributed by atoms with van der Waals surface area (Å²) in [5, 5.41) is 10.9. The average molecular weight is 240 g/mol. The number of nitrogens with two attached hydrogens (primary N) is 1. The molecule has 0 bridgehead atoms. The zero-order valence-electron chi connectivity index (χ0n) is 9.43. The quantitative estimate of drug-likeness (QED) is 0.368. The zero-order valence-corrected chi connectivity index (χ0v) is 9.43. The molecule has 0 radical (unpaired) electrons. The van der Waals surface area contributed by atoms with Crippen LogP contribution < -0.4 is 10.5 Å². The topological polar surface area (TPSA) is 105 Å². The first-order valence-corrected chi connectivity index (χ1v) is 4.80. The van der Waals surface area contributed by atoms with Crippen molar-refractivity contribution in [2.45, 2.75) is 6.92 Å². The predicted molar refractivity (Wildman–Crippen MR) is 60.0 cm³/mol. The Morgan fingerprint density at radius 1 is 1.53 bits per heavy atom.